The van der Waals surface area contributed by atoms with Gasteiger partial charge in [-0.1, -0.05) is 0 Å². The van der Waals surface area contributed by atoms with Crippen molar-refractivity contribution in [2.24, 2.45) is 11.8 Å². The Morgan fingerprint density at radius 1 is 1.10 bits per heavy atom. The third-order valence-corrected chi connectivity index (χ3v) is 6.66. The van der Waals surface area contributed by atoms with E-state index in [0.29, 0.717) is 43.2 Å². The van der Waals surface area contributed by atoms with E-state index in [0.717, 1.165) is 46.8 Å². The van der Waals surface area contributed by atoms with Crippen molar-refractivity contribution in [1.29, 1.82) is 0 Å². The van der Waals surface area contributed by atoms with Gasteiger partial charge in [-0.25, -0.2) is 19.9 Å². The van der Waals surface area contributed by atoms with Crippen LogP contribution in [0.5, 0.6) is 0 Å². The van der Waals surface area contributed by atoms with Crippen LogP contribution in [0.25, 0.3) is 11.2 Å². The number of thiazole rings is 1. The Kier molecular flexibility index (Phi) is 4.77. The zero-order valence-electron chi connectivity index (χ0n) is 16.2. The van der Waals surface area contributed by atoms with E-state index in [4.69, 9.17) is 4.74 Å². The average Bonchev–Trinajstić information content (AvgIpc) is 3.46. The maximum Gasteiger partial charge on any atom is 0.434 e. The molecule has 160 valence electrons. The van der Waals surface area contributed by atoms with Crippen LogP contribution in [0, 0.1) is 11.8 Å². The van der Waals surface area contributed by atoms with E-state index < -0.39 is 11.9 Å². The highest BCUT2D eigenvalue weighted by molar-refractivity contribution is 7.13. The van der Waals surface area contributed by atoms with Crippen LogP contribution in [-0.2, 0) is 17.5 Å². The van der Waals surface area contributed by atoms with Crippen LogP contribution < -0.4 is 9.80 Å². The minimum Gasteiger partial charge on any atom is -0.383 e. The largest absolute Gasteiger partial charge is 0.434 e. The highest BCUT2D eigenvalue weighted by Gasteiger charge is 2.42. The fourth-order valence-electron chi connectivity index (χ4n) is 4.31. The summed E-state index contributed by atoms with van der Waals surface area (Å²) in [5, 5.41) is 1.54. The molecule has 8 nitrogen and oxygen atoms in total. The number of methoxy groups -OCH3 is 1. The first-order valence-electron chi connectivity index (χ1n) is 9.61. The van der Waals surface area contributed by atoms with Crippen LogP contribution in [0.15, 0.2) is 18.0 Å². The first-order chi connectivity index (χ1) is 14.4. The number of imidazole rings is 1. The van der Waals surface area contributed by atoms with E-state index in [1.807, 2.05) is 9.47 Å². The van der Waals surface area contributed by atoms with Gasteiger partial charge in [-0.05, 0) is 0 Å². The summed E-state index contributed by atoms with van der Waals surface area (Å²) in [6.07, 6.45) is -1.09. The van der Waals surface area contributed by atoms with E-state index in [9.17, 15) is 13.2 Å². The van der Waals surface area contributed by atoms with Crippen molar-refractivity contribution in [3.63, 3.8) is 0 Å². The molecule has 5 rings (SSSR count). The van der Waals surface area contributed by atoms with Gasteiger partial charge in [0.15, 0.2) is 27.8 Å². The molecule has 3 aromatic rings. The number of rotatable bonds is 5. The fourth-order valence-corrected chi connectivity index (χ4v) is 5.17. The third kappa shape index (κ3) is 3.37. The lowest BCUT2D eigenvalue weighted by molar-refractivity contribution is -0.140. The fraction of sp³-hybridized carbons (Fsp3) is 0.556. The number of halogens is 3. The second-order valence-corrected chi connectivity index (χ2v) is 8.48. The normalized spacial score (nSPS) is 21.7. The van der Waals surface area contributed by atoms with Crippen LogP contribution in [-0.4, -0.2) is 64.4 Å². The van der Waals surface area contributed by atoms with E-state index in [2.05, 4.69) is 24.8 Å². The number of alkyl halides is 3. The standard InChI is InChI=1S/C18H20F3N7OS/c1-29-3-2-26-10-24-14-15(26)22-9-23-16(14)27-4-11-6-28(7-12(11)5-27)17-25-13(8-30-17)18(19,20)21/h8-12H,2-7H2,1H3. The van der Waals surface area contributed by atoms with Crippen LogP contribution in [0.4, 0.5) is 24.1 Å². The molecule has 0 bridgehead atoms. The first-order valence-corrected chi connectivity index (χ1v) is 10.5. The van der Waals surface area contributed by atoms with Crippen LogP contribution in [0.2, 0.25) is 0 Å². The van der Waals surface area contributed by atoms with Crippen molar-refractivity contribution in [3.05, 3.63) is 23.7 Å². The molecule has 0 aromatic carbocycles. The number of anilines is 2. The van der Waals surface area contributed by atoms with Gasteiger partial charge in [0.2, 0.25) is 0 Å². The molecular weight excluding hydrogens is 419 g/mol. The molecule has 30 heavy (non-hydrogen) atoms. The molecule has 2 fully saturated rings. The topological polar surface area (TPSA) is 72.2 Å². The molecule has 3 aromatic heterocycles. The third-order valence-electron chi connectivity index (χ3n) is 5.76. The Morgan fingerprint density at radius 3 is 2.50 bits per heavy atom. The van der Waals surface area contributed by atoms with Crippen molar-refractivity contribution in [1.82, 2.24) is 24.5 Å². The zero-order chi connectivity index (χ0) is 20.9. The molecule has 0 saturated carbocycles. The monoisotopic (exact) mass is 439 g/mol. The van der Waals surface area contributed by atoms with Gasteiger partial charge < -0.3 is 19.1 Å². The summed E-state index contributed by atoms with van der Waals surface area (Å²) in [5.74, 6) is 1.51. The number of aromatic nitrogens is 5. The number of ether oxygens (including phenoxy) is 1. The second kappa shape index (κ2) is 7.34. The molecular formula is C18H20F3N7OS. The lowest BCUT2D eigenvalue weighted by Gasteiger charge is -2.22. The van der Waals surface area contributed by atoms with Gasteiger partial charge in [0, 0.05) is 57.0 Å². The van der Waals surface area contributed by atoms with Crippen LogP contribution in [0.1, 0.15) is 5.69 Å². The molecule has 0 amide bonds. The van der Waals surface area contributed by atoms with Gasteiger partial charge in [-0.15, -0.1) is 11.3 Å². The Morgan fingerprint density at radius 2 is 1.83 bits per heavy atom. The maximum absolute atomic E-state index is 12.8. The molecule has 5 heterocycles. The van der Waals surface area contributed by atoms with Crippen molar-refractivity contribution in [3.8, 4) is 0 Å². The SMILES string of the molecule is COCCn1cnc2c(N3CC4CN(c5nc(C(F)(F)F)cs5)CC4C3)ncnc21. The van der Waals surface area contributed by atoms with Gasteiger partial charge in [0.25, 0.3) is 0 Å². The molecule has 0 spiro atoms. The Bertz CT molecular complexity index is 1040. The van der Waals surface area contributed by atoms with Crippen molar-refractivity contribution in [2.45, 2.75) is 12.7 Å². The van der Waals surface area contributed by atoms with Gasteiger partial charge >= 0.3 is 6.18 Å². The van der Waals surface area contributed by atoms with Crippen molar-refractivity contribution >= 4 is 33.5 Å². The summed E-state index contributed by atoms with van der Waals surface area (Å²) in [5.41, 5.74) is 0.729. The van der Waals surface area contributed by atoms with Gasteiger partial charge in [-0.2, -0.15) is 13.2 Å². The lowest BCUT2D eigenvalue weighted by atomic mass is 10.0. The number of hydrogen-bond donors (Lipinski definition) is 0. The smallest absolute Gasteiger partial charge is 0.383 e. The molecule has 0 aliphatic carbocycles. The summed E-state index contributed by atoms with van der Waals surface area (Å²) in [6, 6.07) is 0. The molecule has 12 heteroatoms. The summed E-state index contributed by atoms with van der Waals surface area (Å²) in [4.78, 5) is 21.4. The average molecular weight is 439 g/mol. The first kappa shape index (κ1) is 19.5. The molecule has 2 atom stereocenters. The number of fused-ring (bicyclic) bond motifs is 2. The molecule has 0 radical (unpaired) electrons. The lowest BCUT2D eigenvalue weighted by Crippen LogP contribution is -2.29. The van der Waals surface area contributed by atoms with E-state index >= 15 is 0 Å². The molecule has 2 unspecified atom stereocenters. The minimum absolute atomic E-state index is 0.351. The van der Waals surface area contributed by atoms with Crippen LogP contribution in [0.3, 0.4) is 0 Å². The highest BCUT2D eigenvalue weighted by Crippen LogP contribution is 2.39. The summed E-state index contributed by atoms with van der Waals surface area (Å²) >= 11 is 1.06. The van der Waals surface area contributed by atoms with E-state index in [1.165, 1.54) is 0 Å². The molecule has 0 N–H and O–H groups in total. The predicted molar refractivity (Wildman–Crippen MR) is 106 cm³/mol. The van der Waals surface area contributed by atoms with Crippen molar-refractivity contribution < 1.29 is 17.9 Å². The van der Waals surface area contributed by atoms with Crippen LogP contribution >= 0.6 is 11.3 Å². The zero-order valence-corrected chi connectivity index (χ0v) is 17.0. The quantitative estimate of drug-likeness (QED) is 0.605. The maximum atomic E-state index is 12.8. The highest BCUT2D eigenvalue weighted by atomic mass is 32.1. The second-order valence-electron chi connectivity index (χ2n) is 7.64. The minimum atomic E-state index is -4.40. The summed E-state index contributed by atoms with van der Waals surface area (Å²) in [6.45, 7) is 4.20. The summed E-state index contributed by atoms with van der Waals surface area (Å²) < 4.78 is 45.6. The predicted octanol–water partition coefficient (Wildman–Crippen LogP) is 2.52. The Labute approximate surface area is 174 Å². The van der Waals surface area contributed by atoms with Gasteiger partial charge in [0.05, 0.1) is 12.9 Å². The van der Waals surface area contributed by atoms with Gasteiger partial charge in [-0.3, -0.25) is 0 Å². The van der Waals surface area contributed by atoms with E-state index in [-0.39, 0.29) is 0 Å². The number of nitrogens with zero attached hydrogens (tertiary/aromatic N) is 7. The summed E-state index contributed by atoms with van der Waals surface area (Å²) in [7, 11) is 1.65. The molecule has 2 saturated heterocycles. The van der Waals surface area contributed by atoms with Gasteiger partial charge in [0.1, 0.15) is 6.33 Å². The Hall–Kier alpha value is -2.47. The van der Waals surface area contributed by atoms with Crippen molar-refractivity contribution in [2.75, 3.05) is 49.7 Å². The number of hydrogen-bond acceptors (Lipinski definition) is 8. The van der Waals surface area contributed by atoms with E-state index in [1.54, 1.807) is 19.8 Å². The Balaban J connectivity index is 1.30. The molecule has 2 aliphatic rings. The molecule has 2 aliphatic heterocycles.